The molecule has 0 saturated carbocycles. The van der Waals surface area contributed by atoms with Crippen molar-refractivity contribution in [3.05, 3.63) is 36.4 Å². The van der Waals surface area contributed by atoms with Gasteiger partial charge in [-0.1, -0.05) is 13.0 Å². The molecule has 0 saturated heterocycles. The van der Waals surface area contributed by atoms with Crippen molar-refractivity contribution in [2.24, 2.45) is 0 Å². The quantitative estimate of drug-likeness (QED) is 0.863. The van der Waals surface area contributed by atoms with Crippen molar-refractivity contribution in [2.45, 2.75) is 32.7 Å². The Labute approximate surface area is 113 Å². The maximum absolute atomic E-state index is 11.6. The van der Waals surface area contributed by atoms with Crippen molar-refractivity contribution in [3.8, 4) is 0 Å². The monoisotopic (exact) mass is 260 g/mol. The summed E-state index contributed by atoms with van der Waals surface area (Å²) in [5.41, 5.74) is 1.07. The molecule has 0 aliphatic heterocycles. The van der Waals surface area contributed by atoms with Crippen LogP contribution in [0.4, 0.5) is 4.79 Å². The van der Waals surface area contributed by atoms with Crippen LogP contribution >= 0.6 is 0 Å². The topological polar surface area (TPSA) is 58.4 Å². The molecule has 1 unspecified atom stereocenters. The molecule has 0 spiro atoms. The molecular weight excluding hydrogens is 240 g/mol. The second kappa shape index (κ2) is 6.22. The van der Waals surface area contributed by atoms with E-state index >= 15 is 0 Å². The number of nitrogens with one attached hydrogen (secondary N) is 2. The Balaban J connectivity index is 1.84. The van der Waals surface area contributed by atoms with Gasteiger partial charge in [-0.25, -0.2) is 9.78 Å². The van der Waals surface area contributed by atoms with Crippen molar-refractivity contribution < 1.29 is 4.79 Å². The van der Waals surface area contributed by atoms with E-state index in [1.54, 1.807) is 0 Å². The van der Waals surface area contributed by atoms with Gasteiger partial charge in [0.1, 0.15) is 5.82 Å². The number of hydrogen-bond donors (Lipinski definition) is 2. The van der Waals surface area contributed by atoms with Crippen LogP contribution in [-0.4, -0.2) is 28.0 Å². The minimum atomic E-state index is -0.116. The molecule has 2 N–H and O–H groups in total. The zero-order valence-electron chi connectivity index (χ0n) is 11.4. The molecule has 2 amide bonds. The van der Waals surface area contributed by atoms with Crippen LogP contribution in [0.2, 0.25) is 0 Å². The highest BCUT2D eigenvalue weighted by Gasteiger charge is 2.06. The van der Waals surface area contributed by atoms with E-state index in [0.29, 0.717) is 13.0 Å². The van der Waals surface area contributed by atoms with Gasteiger partial charge in [0.25, 0.3) is 0 Å². The predicted octanol–water partition coefficient (Wildman–Crippen LogP) is 1.97. The predicted molar refractivity (Wildman–Crippen MR) is 75.2 cm³/mol. The third-order valence-electron chi connectivity index (χ3n) is 3.14. The first-order chi connectivity index (χ1) is 9.20. The van der Waals surface area contributed by atoms with E-state index in [4.69, 9.17) is 0 Å². The zero-order valence-corrected chi connectivity index (χ0v) is 11.4. The molecule has 2 aromatic rings. The van der Waals surface area contributed by atoms with Gasteiger partial charge in [0.15, 0.2) is 0 Å². The van der Waals surface area contributed by atoms with Crippen molar-refractivity contribution >= 4 is 11.5 Å². The van der Waals surface area contributed by atoms with Crippen LogP contribution in [0.25, 0.3) is 5.52 Å². The van der Waals surface area contributed by atoms with Crippen molar-refractivity contribution in [1.29, 1.82) is 0 Å². The van der Waals surface area contributed by atoms with Crippen LogP contribution in [0.5, 0.6) is 0 Å². The Morgan fingerprint density at radius 2 is 2.32 bits per heavy atom. The molecule has 0 bridgehead atoms. The Morgan fingerprint density at radius 3 is 3.11 bits per heavy atom. The molecule has 0 aromatic carbocycles. The lowest BCUT2D eigenvalue weighted by atomic mass is 10.3. The number of carbonyl (C=O) groups is 1. The van der Waals surface area contributed by atoms with Crippen molar-refractivity contribution in [2.75, 3.05) is 6.54 Å². The Kier molecular flexibility index (Phi) is 4.39. The normalized spacial score (nSPS) is 12.3. The number of amides is 2. The standard InChI is InChI=1S/C14H20N4O/c1-3-11(2)17-14(19)15-8-7-13-16-10-12-6-4-5-9-18(12)13/h4-6,9-11H,3,7-8H2,1-2H3,(H2,15,17,19). The van der Waals surface area contributed by atoms with E-state index in [2.05, 4.69) is 15.6 Å². The molecule has 5 heteroatoms. The van der Waals surface area contributed by atoms with Gasteiger partial charge in [-0.2, -0.15) is 0 Å². The molecule has 102 valence electrons. The molecule has 19 heavy (non-hydrogen) atoms. The molecule has 0 aliphatic carbocycles. The maximum Gasteiger partial charge on any atom is 0.315 e. The lowest BCUT2D eigenvalue weighted by Gasteiger charge is -2.12. The fraction of sp³-hybridized carbons (Fsp3) is 0.429. The Morgan fingerprint density at radius 1 is 1.47 bits per heavy atom. The van der Waals surface area contributed by atoms with E-state index in [1.807, 2.05) is 48.8 Å². The van der Waals surface area contributed by atoms with E-state index in [1.165, 1.54) is 0 Å². The minimum absolute atomic E-state index is 0.116. The number of urea groups is 1. The molecule has 0 fully saturated rings. The highest BCUT2D eigenvalue weighted by molar-refractivity contribution is 5.74. The van der Waals surface area contributed by atoms with Gasteiger partial charge in [-0.05, 0) is 25.5 Å². The summed E-state index contributed by atoms with van der Waals surface area (Å²) in [5.74, 6) is 0.958. The molecule has 2 rings (SSSR count). The van der Waals surface area contributed by atoms with Crippen LogP contribution in [0.15, 0.2) is 30.6 Å². The van der Waals surface area contributed by atoms with E-state index < -0.39 is 0 Å². The lowest BCUT2D eigenvalue weighted by molar-refractivity contribution is 0.237. The molecular formula is C14H20N4O. The minimum Gasteiger partial charge on any atom is -0.338 e. The summed E-state index contributed by atoms with van der Waals surface area (Å²) in [5, 5.41) is 5.72. The van der Waals surface area contributed by atoms with Gasteiger partial charge in [-0.15, -0.1) is 0 Å². The first-order valence-electron chi connectivity index (χ1n) is 6.66. The van der Waals surface area contributed by atoms with Gasteiger partial charge < -0.3 is 15.0 Å². The molecule has 2 aromatic heterocycles. The fourth-order valence-corrected chi connectivity index (χ4v) is 1.85. The summed E-state index contributed by atoms with van der Waals surface area (Å²) in [6.45, 7) is 4.61. The average molecular weight is 260 g/mol. The third kappa shape index (κ3) is 3.47. The first kappa shape index (κ1) is 13.4. The van der Waals surface area contributed by atoms with Gasteiger partial charge in [-0.3, -0.25) is 0 Å². The van der Waals surface area contributed by atoms with Crippen LogP contribution < -0.4 is 10.6 Å². The van der Waals surface area contributed by atoms with Crippen LogP contribution in [0, 0.1) is 0 Å². The summed E-state index contributed by atoms with van der Waals surface area (Å²) < 4.78 is 2.04. The molecule has 1 atom stereocenters. The smallest absolute Gasteiger partial charge is 0.315 e. The van der Waals surface area contributed by atoms with Crippen LogP contribution in [0.3, 0.4) is 0 Å². The van der Waals surface area contributed by atoms with Crippen LogP contribution in [-0.2, 0) is 6.42 Å². The number of aromatic nitrogens is 2. The van der Waals surface area contributed by atoms with Crippen LogP contribution in [0.1, 0.15) is 26.1 Å². The summed E-state index contributed by atoms with van der Waals surface area (Å²) in [6.07, 6.45) is 5.47. The number of hydrogen-bond acceptors (Lipinski definition) is 2. The van der Waals surface area contributed by atoms with E-state index in [9.17, 15) is 4.79 Å². The number of pyridine rings is 1. The zero-order chi connectivity index (χ0) is 13.7. The summed E-state index contributed by atoms with van der Waals surface area (Å²) in [6, 6.07) is 6.06. The molecule has 2 heterocycles. The van der Waals surface area contributed by atoms with E-state index in [0.717, 1.165) is 17.8 Å². The molecule has 5 nitrogen and oxygen atoms in total. The third-order valence-corrected chi connectivity index (χ3v) is 3.14. The number of imidazole rings is 1. The van der Waals surface area contributed by atoms with E-state index in [-0.39, 0.29) is 12.1 Å². The number of rotatable bonds is 5. The second-order valence-electron chi connectivity index (χ2n) is 4.63. The fourth-order valence-electron chi connectivity index (χ4n) is 1.85. The number of fused-ring (bicyclic) bond motifs is 1. The maximum atomic E-state index is 11.6. The largest absolute Gasteiger partial charge is 0.338 e. The number of carbonyl (C=O) groups excluding carboxylic acids is 1. The van der Waals surface area contributed by atoms with Gasteiger partial charge >= 0.3 is 6.03 Å². The van der Waals surface area contributed by atoms with Gasteiger partial charge in [0.05, 0.1) is 11.7 Å². The average Bonchev–Trinajstić information content (AvgIpc) is 2.82. The summed E-state index contributed by atoms with van der Waals surface area (Å²) in [7, 11) is 0. The first-order valence-corrected chi connectivity index (χ1v) is 6.66. The van der Waals surface area contributed by atoms with Crippen molar-refractivity contribution in [1.82, 2.24) is 20.0 Å². The molecule has 0 aliphatic rings. The second-order valence-corrected chi connectivity index (χ2v) is 4.63. The lowest BCUT2D eigenvalue weighted by Crippen LogP contribution is -2.41. The van der Waals surface area contributed by atoms with Gasteiger partial charge in [0, 0.05) is 25.2 Å². The highest BCUT2D eigenvalue weighted by Crippen LogP contribution is 2.06. The highest BCUT2D eigenvalue weighted by atomic mass is 16.2. The summed E-state index contributed by atoms with van der Waals surface area (Å²) >= 11 is 0. The summed E-state index contributed by atoms with van der Waals surface area (Å²) in [4.78, 5) is 15.9. The number of nitrogens with zero attached hydrogens (tertiary/aromatic N) is 2. The molecule has 0 radical (unpaired) electrons. The Bertz CT molecular complexity index is 549. The SMILES string of the molecule is CCC(C)NC(=O)NCCc1ncc2ccccn12. The van der Waals surface area contributed by atoms with Gasteiger partial charge in [0.2, 0.25) is 0 Å². The van der Waals surface area contributed by atoms with Crippen molar-refractivity contribution in [3.63, 3.8) is 0 Å². The Hall–Kier alpha value is -2.04.